The number of rotatable bonds is 5. The molecule has 1 heterocycles. The van der Waals surface area contributed by atoms with E-state index >= 15 is 0 Å². The van der Waals surface area contributed by atoms with E-state index < -0.39 is 6.10 Å². The Kier molecular flexibility index (Phi) is 4.31. The fraction of sp³-hybridized carbons (Fsp3) is 0.267. The Morgan fingerprint density at radius 1 is 1.17 bits per heavy atom. The van der Waals surface area contributed by atoms with Crippen LogP contribution in [0, 0.1) is 0 Å². The van der Waals surface area contributed by atoms with E-state index in [0.29, 0.717) is 17.9 Å². The summed E-state index contributed by atoms with van der Waals surface area (Å²) in [5, 5.41) is 10.2. The Balaban J connectivity index is 2.01. The first kappa shape index (κ1) is 12.6. The maximum atomic E-state index is 10.2. The number of aliphatic hydroxyl groups is 1. The lowest BCUT2D eigenvalue weighted by molar-refractivity contribution is 0.158. The van der Waals surface area contributed by atoms with Crippen LogP contribution in [0.4, 0.5) is 0 Å². The molecule has 0 aliphatic heterocycles. The third-order valence-electron chi connectivity index (χ3n) is 2.88. The summed E-state index contributed by atoms with van der Waals surface area (Å²) in [7, 11) is 1.59. The molecule has 0 bridgehead atoms. The number of nitrogens with zero attached hydrogens (tertiary/aromatic N) is 1. The Hall–Kier alpha value is -1.87. The van der Waals surface area contributed by atoms with Crippen LogP contribution in [0.3, 0.4) is 0 Å². The minimum atomic E-state index is -0.596. The van der Waals surface area contributed by atoms with E-state index in [1.165, 1.54) is 5.56 Å². The first-order chi connectivity index (χ1) is 8.81. The molecule has 0 radical (unpaired) electrons. The van der Waals surface area contributed by atoms with Crippen LogP contribution in [-0.4, -0.2) is 17.2 Å². The smallest absolute Gasteiger partial charge is 0.143 e. The highest BCUT2D eigenvalue weighted by Crippen LogP contribution is 2.25. The van der Waals surface area contributed by atoms with Gasteiger partial charge in [0.05, 0.1) is 7.11 Å². The molecule has 2 rings (SSSR count). The van der Waals surface area contributed by atoms with Crippen LogP contribution in [0.1, 0.15) is 23.8 Å². The molecule has 3 nitrogen and oxygen atoms in total. The summed E-state index contributed by atoms with van der Waals surface area (Å²) in [6, 6.07) is 13.7. The Labute approximate surface area is 107 Å². The van der Waals surface area contributed by atoms with Crippen LogP contribution >= 0.6 is 0 Å². The highest BCUT2D eigenvalue weighted by atomic mass is 16.5. The largest absolute Gasteiger partial charge is 0.495 e. The lowest BCUT2D eigenvalue weighted by Crippen LogP contribution is -2.04. The number of benzene rings is 1. The monoisotopic (exact) mass is 243 g/mol. The summed E-state index contributed by atoms with van der Waals surface area (Å²) in [5.41, 5.74) is 1.82. The number of hydrogen-bond acceptors (Lipinski definition) is 3. The predicted molar refractivity (Wildman–Crippen MR) is 70.5 cm³/mol. The SMILES string of the molecule is COc1cccnc1C(O)CCc1ccccc1. The van der Waals surface area contributed by atoms with Crippen molar-refractivity contribution in [1.82, 2.24) is 4.98 Å². The lowest BCUT2D eigenvalue weighted by atomic mass is 10.0. The molecule has 0 saturated carbocycles. The average Bonchev–Trinajstić information content (AvgIpc) is 2.45. The highest BCUT2D eigenvalue weighted by molar-refractivity contribution is 5.28. The quantitative estimate of drug-likeness (QED) is 0.878. The highest BCUT2D eigenvalue weighted by Gasteiger charge is 2.14. The fourth-order valence-electron chi connectivity index (χ4n) is 1.91. The van der Waals surface area contributed by atoms with Gasteiger partial charge >= 0.3 is 0 Å². The van der Waals surface area contributed by atoms with Gasteiger partial charge < -0.3 is 9.84 Å². The second-order valence-electron chi connectivity index (χ2n) is 4.13. The molecule has 1 N–H and O–H groups in total. The van der Waals surface area contributed by atoms with Crippen molar-refractivity contribution in [2.24, 2.45) is 0 Å². The van der Waals surface area contributed by atoms with E-state index in [4.69, 9.17) is 4.74 Å². The zero-order valence-electron chi connectivity index (χ0n) is 10.4. The van der Waals surface area contributed by atoms with Crippen molar-refractivity contribution in [3.8, 4) is 5.75 Å². The maximum absolute atomic E-state index is 10.2. The van der Waals surface area contributed by atoms with E-state index in [0.717, 1.165) is 6.42 Å². The second kappa shape index (κ2) is 6.17. The molecule has 1 atom stereocenters. The van der Waals surface area contributed by atoms with Crippen molar-refractivity contribution in [3.63, 3.8) is 0 Å². The number of methoxy groups -OCH3 is 1. The molecule has 0 saturated heterocycles. The Morgan fingerprint density at radius 2 is 1.94 bits per heavy atom. The molecule has 3 heteroatoms. The minimum Gasteiger partial charge on any atom is -0.495 e. The van der Waals surface area contributed by atoms with Crippen LogP contribution in [0.5, 0.6) is 5.75 Å². The first-order valence-corrected chi connectivity index (χ1v) is 6.02. The van der Waals surface area contributed by atoms with Gasteiger partial charge in [-0.2, -0.15) is 0 Å². The summed E-state index contributed by atoms with van der Waals surface area (Å²) < 4.78 is 5.20. The van der Waals surface area contributed by atoms with Gasteiger partial charge in [0, 0.05) is 6.20 Å². The van der Waals surface area contributed by atoms with Gasteiger partial charge in [-0.1, -0.05) is 30.3 Å². The number of aromatic nitrogens is 1. The molecule has 0 amide bonds. The fourth-order valence-corrected chi connectivity index (χ4v) is 1.91. The van der Waals surface area contributed by atoms with Crippen molar-refractivity contribution in [3.05, 3.63) is 59.9 Å². The van der Waals surface area contributed by atoms with Gasteiger partial charge in [-0.15, -0.1) is 0 Å². The molecular weight excluding hydrogens is 226 g/mol. The van der Waals surface area contributed by atoms with Crippen molar-refractivity contribution in [2.75, 3.05) is 7.11 Å². The van der Waals surface area contributed by atoms with Gasteiger partial charge in [0.15, 0.2) is 0 Å². The topological polar surface area (TPSA) is 42.4 Å². The lowest BCUT2D eigenvalue weighted by Gasteiger charge is -2.13. The van der Waals surface area contributed by atoms with Crippen molar-refractivity contribution >= 4 is 0 Å². The van der Waals surface area contributed by atoms with Gasteiger partial charge in [-0.25, -0.2) is 0 Å². The van der Waals surface area contributed by atoms with Crippen LogP contribution in [0.15, 0.2) is 48.7 Å². The molecule has 0 fully saturated rings. The van der Waals surface area contributed by atoms with Gasteiger partial charge in [-0.05, 0) is 30.5 Å². The van der Waals surface area contributed by atoms with E-state index in [1.807, 2.05) is 24.3 Å². The summed E-state index contributed by atoms with van der Waals surface area (Å²) in [4.78, 5) is 4.19. The number of pyridine rings is 1. The van der Waals surface area contributed by atoms with Crippen molar-refractivity contribution in [2.45, 2.75) is 18.9 Å². The van der Waals surface area contributed by atoms with E-state index in [-0.39, 0.29) is 0 Å². The number of aryl methyl sites for hydroxylation is 1. The molecular formula is C15H17NO2. The molecule has 18 heavy (non-hydrogen) atoms. The normalized spacial score (nSPS) is 12.1. The number of ether oxygens (including phenoxy) is 1. The standard InChI is InChI=1S/C15H17NO2/c1-18-14-8-5-11-16-15(14)13(17)10-9-12-6-3-2-4-7-12/h2-8,11,13,17H,9-10H2,1H3. The first-order valence-electron chi connectivity index (χ1n) is 6.02. The third-order valence-corrected chi connectivity index (χ3v) is 2.88. The maximum Gasteiger partial charge on any atom is 0.143 e. The molecule has 0 aliphatic rings. The predicted octanol–water partition coefficient (Wildman–Crippen LogP) is 2.76. The van der Waals surface area contributed by atoms with Crippen molar-refractivity contribution in [1.29, 1.82) is 0 Å². The van der Waals surface area contributed by atoms with Crippen LogP contribution < -0.4 is 4.74 Å². The van der Waals surface area contributed by atoms with Gasteiger partial charge in [-0.3, -0.25) is 4.98 Å². The summed E-state index contributed by atoms with van der Waals surface area (Å²) >= 11 is 0. The van der Waals surface area contributed by atoms with Crippen LogP contribution in [-0.2, 0) is 6.42 Å². The summed E-state index contributed by atoms with van der Waals surface area (Å²) in [5.74, 6) is 0.637. The third kappa shape index (κ3) is 3.08. The summed E-state index contributed by atoms with van der Waals surface area (Å²) in [6.07, 6.45) is 2.53. The van der Waals surface area contributed by atoms with Gasteiger partial charge in [0.2, 0.25) is 0 Å². The minimum absolute atomic E-state index is 0.596. The summed E-state index contributed by atoms with van der Waals surface area (Å²) in [6.45, 7) is 0. The van der Waals surface area contributed by atoms with E-state index in [1.54, 1.807) is 19.4 Å². The average molecular weight is 243 g/mol. The van der Waals surface area contributed by atoms with E-state index in [2.05, 4.69) is 17.1 Å². The van der Waals surface area contributed by atoms with Gasteiger partial charge in [0.25, 0.3) is 0 Å². The molecule has 0 aliphatic carbocycles. The molecule has 1 aromatic carbocycles. The zero-order chi connectivity index (χ0) is 12.8. The zero-order valence-corrected chi connectivity index (χ0v) is 10.4. The number of hydrogen-bond donors (Lipinski definition) is 1. The van der Waals surface area contributed by atoms with Gasteiger partial charge in [0.1, 0.15) is 17.5 Å². The van der Waals surface area contributed by atoms with Crippen LogP contribution in [0.2, 0.25) is 0 Å². The van der Waals surface area contributed by atoms with Crippen LogP contribution in [0.25, 0.3) is 0 Å². The molecule has 94 valence electrons. The Bertz CT molecular complexity index is 485. The molecule has 0 spiro atoms. The van der Waals surface area contributed by atoms with Crippen molar-refractivity contribution < 1.29 is 9.84 Å². The molecule has 1 aromatic heterocycles. The van der Waals surface area contributed by atoms with E-state index in [9.17, 15) is 5.11 Å². The second-order valence-corrected chi connectivity index (χ2v) is 4.13. The molecule has 2 aromatic rings. The Morgan fingerprint density at radius 3 is 2.67 bits per heavy atom. The number of aliphatic hydroxyl groups excluding tert-OH is 1. The molecule has 1 unspecified atom stereocenters.